The molecule has 2 heterocycles. The molecule has 1 fully saturated rings. The number of nitrogens with one attached hydrogen (secondary N) is 1. The number of alkyl halides is 3. The summed E-state index contributed by atoms with van der Waals surface area (Å²) >= 11 is 1.25. The van der Waals surface area contributed by atoms with E-state index in [2.05, 4.69) is 25.1 Å². The number of para-hydroxylation sites is 1. The van der Waals surface area contributed by atoms with Gasteiger partial charge < -0.3 is 10.1 Å². The molecule has 1 aromatic heterocycles. The SMILES string of the molecule is CCc1ccccc1N1C(=O)CSC1=NC(=O)NCCCc1ccc(-c2ncn(-c3ccc(OC(F)(F)F)cc3)n2)cc1. The van der Waals surface area contributed by atoms with Gasteiger partial charge in [-0.2, -0.15) is 4.99 Å². The topological polar surface area (TPSA) is 102 Å². The summed E-state index contributed by atoms with van der Waals surface area (Å²) in [6, 6.07) is 20.1. The Labute approximate surface area is 249 Å². The van der Waals surface area contributed by atoms with Crippen LogP contribution < -0.4 is 15.0 Å². The third-order valence-electron chi connectivity index (χ3n) is 6.53. The summed E-state index contributed by atoms with van der Waals surface area (Å²) < 4.78 is 42.5. The molecule has 43 heavy (non-hydrogen) atoms. The second-order valence-electron chi connectivity index (χ2n) is 9.48. The monoisotopic (exact) mass is 608 g/mol. The fraction of sp³-hybridized carbons (Fsp3) is 0.233. The highest BCUT2D eigenvalue weighted by atomic mass is 32.2. The van der Waals surface area contributed by atoms with Gasteiger partial charge >= 0.3 is 12.4 Å². The first-order chi connectivity index (χ1) is 20.7. The first-order valence-corrected chi connectivity index (χ1v) is 14.5. The molecule has 4 aromatic rings. The molecule has 222 valence electrons. The highest BCUT2D eigenvalue weighted by molar-refractivity contribution is 8.15. The second kappa shape index (κ2) is 13.1. The van der Waals surface area contributed by atoms with E-state index in [0.29, 0.717) is 36.1 Å². The molecule has 0 unspecified atom stereocenters. The summed E-state index contributed by atoms with van der Waals surface area (Å²) in [6.45, 7) is 2.43. The van der Waals surface area contributed by atoms with Gasteiger partial charge in [0, 0.05) is 12.1 Å². The van der Waals surface area contributed by atoms with Crippen molar-refractivity contribution in [3.05, 3.63) is 90.3 Å². The summed E-state index contributed by atoms with van der Waals surface area (Å²) in [5, 5.41) is 7.60. The number of benzene rings is 3. The van der Waals surface area contributed by atoms with Gasteiger partial charge in [0.2, 0.25) is 5.91 Å². The predicted molar refractivity (Wildman–Crippen MR) is 158 cm³/mol. The minimum Gasteiger partial charge on any atom is -0.406 e. The number of aryl methyl sites for hydroxylation is 2. The fourth-order valence-corrected chi connectivity index (χ4v) is 5.32. The lowest BCUT2D eigenvalue weighted by atomic mass is 10.1. The van der Waals surface area contributed by atoms with E-state index in [-0.39, 0.29) is 17.4 Å². The van der Waals surface area contributed by atoms with Crippen molar-refractivity contribution in [2.45, 2.75) is 32.5 Å². The van der Waals surface area contributed by atoms with Gasteiger partial charge in [-0.15, -0.1) is 18.3 Å². The number of urea groups is 1. The molecule has 9 nitrogen and oxygen atoms in total. The van der Waals surface area contributed by atoms with Crippen LogP contribution in [0.5, 0.6) is 5.75 Å². The Morgan fingerprint density at radius 2 is 1.81 bits per heavy atom. The van der Waals surface area contributed by atoms with Gasteiger partial charge in [0.1, 0.15) is 12.1 Å². The van der Waals surface area contributed by atoms with E-state index in [1.165, 1.54) is 51.9 Å². The normalized spacial score (nSPS) is 14.4. The van der Waals surface area contributed by atoms with Gasteiger partial charge in [-0.1, -0.05) is 61.2 Å². The molecule has 0 saturated carbocycles. The Hall–Kier alpha value is -4.65. The van der Waals surface area contributed by atoms with Crippen molar-refractivity contribution in [1.29, 1.82) is 0 Å². The Kier molecular flexibility index (Phi) is 9.10. The number of ether oxygens (including phenoxy) is 1. The Morgan fingerprint density at radius 3 is 2.53 bits per heavy atom. The first kappa shape index (κ1) is 29.8. The number of halogens is 3. The van der Waals surface area contributed by atoms with Crippen molar-refractivity contribution >= 4 is 34.6 Å². The predicted octanol–water partition coefficient (Wildman–Crippen LogP) is 6.17. The van der Waals surface area contributed by atoms with E-state index in [4.69, 9.17) is 0 Å². The highest BCUT2D eigenvalue weighted by Crippen LogP contribution is 2.30. The van der Waals surface area contributed by atoms with E-state index < -0.39 is 12.4 Å². The maximum absolute atomic E-state index is 12.5. The molecule has 3 aromatic carbocycles. The molecule has 3 amide bonds. The number of nitrogens with zero attached hydrogens (tertiary/aromatic N) is 5. The minimum absolute atomic E-state index is 0.100. The summed E-state index contributed by atoms with van der Waals surface area (Å²) in [7, 11) is 0. The van der Waals surface area contributed by atoms with Crippen LogP contribution in [0.25, 0.3) is 17.1 Å². The molecular weight excluding hydrogens is 581 g/mol. The minimum atomic E-state index is -4.75. The van der Waals surface area contributed by atoms with E-state index in [0.717, 1.165) is 28.8 Å². The van der Waals surface area contributed by atoms with Crippen molar-refractivity contribution in [3.8, 4) is 22.8 Å². The molecular formula is C30H27F3N6O3S. The number of aliphatic imine (C=N–C) groups is 1. The number of thioether (sulfide) groups is 1. The fourth-order valence-electron chi connectivity index (χ4n) is 4.46. The lowest BCUT2D eigenvalue weighted by Crippen LogP contribution is -2.32. The van der Waals surface area contributed by atoms with Crippen LogP contribution in [0.1, 0.15) is 24.5 Å². The molecule has 1 saturated heterocycles. The lowest BCUT2D eigenvalue weighted by molar-refractivity contribution is -0.274. The Bertz CT molecular complexity index is 1620. The van der Waals surface area contributed by atoms with Gasteiger partial charge in [-0.3, -0.25) is 9.69 Å². The van der Waals surface area contributed by atoms with Crippen molar-refractivity contribution in [1.82, 2.24) is 20.1 Å². The second-order valence-corrected chi connectivity index (χ2v) is 10.4. The van der Waals surface area contributed by atoms with Crippen molar-refractivity contribution in [2.24, 2.45) is 4.99 Å². The highest BCUT2D eigenvalue weighted by Gasteiger charge is 2.32. The maximum Gasteiger partial charge on any atom is 0.573 e. The molecule has 0 radical (unpaired) electrons. The van der Waals surface area contributed by atoms with Gasteiger partial charge in [0.15, 0.2) is 11.0 Å². The summed E-state index contributed by atoms with van der Waals surface area (Å²) in [5.74, 6) is 0.289. The number of rotatable bonds is 9. The third-order valence-corrected chi connectivity index (χ3v) is 7.46. The van der Waals surface area contributed by atoms with Crippen LogP contribution in [0, 0.1) is 0 Å². The van der Waals surface area contributed by atoms with Crippen molar-refractivity contribution < 1.29 is 27.5 Å². The molecule has 0 bridgehead atoms. The zero-order chi connectivity index (χ0) is 30.4. The van der Waals surface area contributed by atoms with Crippen LogP contribution in [-0.4, -0.2) is 50.5 Å². The quantitative estimate of drug-likeness (QED) is 0.228. The molecule has 1 aliphatic rings. The number of amidine groups is 1. The zero-order valence-electron chi connectivity index (χ0n) is 23.0. The van der Waals surface area contributed by atoms with E-state index in [1.807, 2.05) is 55.5 Å². The summed E-state index contributed by atoms with van der Waals surface area (Å²) in [4.78, 5) is 35.0. The van der Waals surface area contributed by atoms with E-state index >= 15 is 0 Å². The van der Waals surface area contributed by atoms with Crippen LogP contribution >= 0.6 is 11.8 Å². The number of hydrogen-bond acceptors (Lipinski definition) is 6. The van der Waals surface area contributed by atoms with Crippen LogP contribution in [0.2, 0.25) is 0 Å². The maximum atomic E-state index is 12.5. The first-order valence-electron chi connectivity index (χ1n) is 13.5. The van der Waals surface area contributed by atoms with E-state index in [1.54, 1.807) is 0 Å². The van der Waals surface area contributed by atoms with E-state index in [9.17, 15) is 22.8 Å². The van der Waals surface area contributed by atoms with Gasteiger partial charge in [0.05, 0.1) is 17.1 Å². The molecule has 1 aliphatic heterocycles. The summed E-state index contributed by atoms with van der Waals surface area (Å²) in [6.07, 6.45) is -1.11. The number of carbonyl (C=O) groups excluding carboxylic acids is 2. The molecule has 0 spiro atoms. The summed E-state index contributed by atoms with van der Waals surface area (Å²) in [5.41, 5.74) is 4.14. The number of carbonyl (C=O) groups is 2. The van der Waals surface area contributed by atoms with Crippen LogP contribution in [0.15, 0.2) is 84.1 Å². The number of amides is 3. The average molecular weight is 609 g/mol. The standard InChI is InChI=1S/C30H27F3N6O3S/c1-2-21-7-3-4-8-25(21)39-26(40)18-43-29(39)36-28(41)34-17-5-6-20-9-11-22(12-10-20)27-35-19-38(37-27)23-13-15-24(16-14-23)42-30(31,32)33/h3-4,7-16,19H,2,5-6,17-18H2,1H3,(H,34,41). The molecule has 0 atom stereocenters. The van der Waals surface area contributed by atoms with Crippen molar-refractivity contribution in [2.75, 3.05) is 17.2 Å². The third kappa shape index (κ3) is 7.60. The van der Waals surface area contributed by atoms with Gasteiger partial charge in [0.25, 0.3) is 0 Å². The molecule has 1 N–H and O–H groups in total. The zero-order valence-corrected chi connectivity index (χ0v) is 23.9. The lowest BCUT2D eigenvalue weighted by Gasteiger charge is -2.19. The van der Waals surface area contributed by atoms with Crippen LogP contribution in [-0.2, 0) is 17.6 Å². The smallest absolute Gasteiger partial charge is 0.406 e. The van der Waals surface area contributed by atoms with Crippen molar-refractivity contribution in [3.63, 3.8) is 0 Å². The number of aromatic nitrogens is 3. The van der Waals surface area contributed by atoms with Crippen LogP contribution in [0.3, 0.4) is 0 Å². The van der Waals surface area contributed by atoms with Gasteiger partial charge in [-0.05, 0) is 60.7 Å². The molecule has 13 heteroatoms. The largest absolute Gasteiger partial charge is 0.573 e. The Balaban J connectivity index is 1.12. The van der Waals surface area contributed by atoms with Crippen LogP contribution in [0.4, 0.5) is 23.7 Å². The Morgan fingerprint density at radius 1 is 1.07 bits per heavy atom. The number of anilines is 1. The average Bonchev–Trinajstić information content (AvgIpc) is 3.62. The number of hydrogen-bond donors (Lipinski definition) is 1. The van der Waals surface area contributed by atoms with Gasteiger partial charge in [-0.25, -0.2) is 14.5 Å². The molecule has 0 aliphatic carbocycles. The molecule has 5 rings (SSSR count).